The van der Waals surface area contributed by atoms with Crippen LogP contribution in [0.1, 0.15) is 33.5 Å². The Hall–Kier alpha value is -4.28. The number of aliphatic carboxylic acids is 1. The molecule has 1 heterocycles. The van der Waals surface area contributed by atoms with Gasteiger partial charge in [-0.2, -0.15) is 8.42 Å². The van der Waals surface area contributed by atoms with Crippen molar-refractivity contribution >= 4 is 45.7 Å². The van der Waals surface area contributed by atoms with Gasteiger partial charge in [-0.3, -0.25) is 13.8 Å². The third-order valence-corrected chi connectivity index (χ3v) is 7.00. The zero-order valence-electron chi connectivity index (χ0n) is 19.7. The molecule has 0 saturated heterocycles. The fourth-order valence-electron chi connectivity index (χ4n) is 3.86. The second-order valence-electron chi connectivity index (χ2n) is 8.21. The number of hydrogen-bond acceptors (Lipinski definition) is 6. The number of carboxylic acids is 1. The number of fused-ring (bicyclic) bond motifs is 2. The fourth-order valence-corrected chi connectivity index (χ4v) is 4.72. The molecule has 190 valence electrons. The van der Waals surface area contributed by atoms with Crippen LogP contribution in [0.5, 0.6) is 0 Å². The van der Waals surface area contributed by atoms with E-state index in [4.69, 9.17) is 5.11 Å². The summed E-state index contributed by atoms with van der Waals surface area (Å²) in [5.74, 6) is -2.06. The van der Waals surface area contributed by atoms with Gasteiger partial charge in [-0.1, -0.05) is 54.6 Å². The van der Waals surface area contributed by atoms with Crippen molar-refractivity contribution in [1.82, 2.24) is 5.32 Å². The van der Waals surface area contributed by atoms with Gasteiger partial charge in [0.15, 0.2) is 6.61 Å². The maximum absolute atomic E-state index is 13.2. The zero-order valence-corrected chi connectivity index (χ0v) is 20.5. The van der Waals surface area contributed by atoms with Crippen LogP contribution in [0.3, 0.4) is 0 Å². The van der Waals surface area contributed by atoms with Crippen molar-refractivity contribution in [2.75, 3.05) is 18.1 Å². The standard InChI is InChI=1S/C27H24N2O7S/c30-25(29-17-22-7-2-1-5-19(22)9-10-20-6-3-4-8-24(20)29)15-16-28-27(33)21-11-13-23(14-12-21)37(34,35)36-18-26(31)32/h1-14H,15-18H2,(H,28,33)(H,31,32)/b10-9-. The molecular formula is C27H24N2O7S. The molecule has 0 spiro atoms. The fraction of sp³-hybridized carbons (Fsp3) is 0.148. The Bertz CT molecular complexity index is 1460. The van der Waals surface area contributed by atoms with Crippen LogP contribution in [0, 0.1) is 0 Å². The lowest BCUT2D eigenvalue weighted by Crippen LogP contribution is -2.35. The average molecular weight is 521 g/mol. The van der Waals surface area contributed by atoms with Crippen LogP contribution in [0.4, 0.5) is 5.69 Å². The molecule has 0 radical (unpaired) electrons. The Kier molecular flexibility index (Phi) is 7.80. The number of nitrogens with zero attached hydrogens (tertiary/aromatic N) is 1. The SMILES string of the molecule is O=C(O)COS(=O)(=O)c1ccc(C(=O)NCCC(=O)N2Cc3ccccc3/C=C\c3ccccc32)cc1. The van der Waals surface area contributed by atoms with E-state index in [2.05, 4.69) is 9.50 Å². The normalized spacial score (nSPS) is 13.5. The number of para-hydroxylation sites is 1. The Labute approximate surface area is 214 Å². The summed E-state index contributed by atoms with van der Waals surface area (Å²) in [5.41, 5.74) is 3.92. The highest BCUT2D eigenvalue weighted by atomic mass is 32.2. The molecule has 10 heteroatoms. The van der Waals surface area contributed by atoms with Crippen LogP contribution < -0.4 is 10.2 Å². The summed E-state index contributed by atoms with van der Waals surface area (Å²) in [5, 5.41) is 11.3. The molecule has 37 heavy (non-hydrogen) atoms. The molecule has 1 aliphatic heterocycles. The van der Waals surface area contributed by atoms with Crippen molar-refractivity contribution in [2.45, 2.75) is 17.9 Å². The van der Waals surface area contributed by atoms with Crippen LogP contribution in [0.25, 0.3) is 12.2 Å². The van der Waals surface area contributed by atoms with E-state index in [0.717, 1.165) is 34.5 Å². The molecule has 3 aromatic rings. The first-order chi connectivity index (χ1) is 17.7. The lowest BCUT2D eigenvalue weighted by atomic mass is 10.0. The van der Waals surface area contributed by atoms with E-state index < -0.39 is 28.6 Å². The van der Waals surface area contributed by atoms with Crippen molar-refractivity contribution in [3.05, 3.63) is 95.1 Å². The summed E-state index contributed by atoms with van der Waals surface area (Å²) < 4.78 is 28.4. The van der Waals surface area contributed by atoms with Crippen molar-refractivity contribution in [3.8, 4) is 0 Å². The van der Waals surface area contributed by atoms with Gasteiger partial charge in [0.05, 0.1) is 17.1 Å². The third-order valence-electron chi connectivity index (χ3n) is 5.72. The molecule has 0 fully saturated rings. The largest absolute Gasteiger partial charge is 0.479 e. The van der Waals surface area contributed by atoms with Crippen LogP contribution in [-0.2, 0) is 30.4 Å². The van der Waals surface area contributed by atoms with E-state index in [0.29, 0.717) is 6.54 Å². The van der Waals surface area contributed by atoms with E-state index in [1.54, 1.807) is 4.90 Å². The van der Waals surface area contributed by atoms with E-state index in [9.17, 15) is 22.8 Å². The van der Waals surface area contributed by atoms with Crippen LogP contribution >= 0.6 is 0 Å². The number of carbonyl (C=O) groups excluding carboxylic acids is 2. The molecule has 0 aromatic heterocycles. The van der Waals surface area contributed by atoms with Crippen molar-refractivity contribution in [1.29, 1.82) is 0 Å². The van der Waals surface area contributed by atoms with Gasteiger partial charge in [0.1, 0.15) is 0 Å². The number of hydrogen-bond donors (Lipinski definition) is 2. The van der Waals surface area contributed by atoms with Gasteiger partial charge in [0, 0.05) is 18.5 Å². The Balaban J connectivity index is 1.40. The van der Waals surface area contributed by atoms with Crippen molar-refractivity contribution in [3.63, 3.8) is 0 Å². The smallest absolute Gasteiger partial charge is 0.331 e. The minimum Gasteiger partial charge on any atom is -0.479 e. The molecule has 2 N–H and O–H groups in total. The summed E-state index contributed by atoms with van der Waals surface area (Å²) in [7, 11) is -4.26. The molecule has 0 atom stereocenters. The first-order valence-electron chi connectivity index (χ1n) is 11.4. The molecular weight excluding hydrogens is 496 g/mol. The number of amides is 2. The maximum Gasteiger partial charge on any atom is 0.331 e. The predicted octanol–water partition coefficient (Wildman–Crippen LogP) is 3.31. The second kappa shape index (κ2) is 11.2. The van der Waals surface area contributed by atoms with Gasteiger partial charge in [0.25, 0.3) is 16.0 Å². The third kappa shape index (κ3) is 6.29. The topological polar surface area (TPSA) is 130 Å². The minimum atomic E-state index is -4.26. The number of rotatable bonds is 8. The number of nitrogens with one attached hydrogen (secondary N) is 1. The van der Waals surface area contributed by atoms with E-state index in [1.165, 1.54) is 12.1 Å². The second-order valence-corrected chi connectivity index (χ2v) is 9.83. The molecule has 2 amide bonds. The van der Waals surface area contributed by atoms with E-state index in [-0.39, 0.29) is 29.3 Å². The first kappa shape index (κ1) is 25.8. The Morgan fingerprint density at radius 3 is 2.27 bits per heavy atom. The Morgan fingerprint density at radius 1 is 0.892 bits per heavy atom. The lowest BCUT2D eigenvalue weighted by Gasteiger charge is -2.27. The van der Waals surface area contributed by atoms with E-state index >= 15 is 0 Å². The molecule has 9 nitrogen and oxygen atoms in total. The number of anilines is 1. The Morgan fingerprint density at radius 2 is 1.54 bits per heavy atom. The van der Waals surface area contributed by atoms with Crippen LogP contribution in [0.15, 0.2) is 77.7 Å². The summed E-state index contributed by atoms with van der Waals surface area (Å²) in [6.45, 7) is -0.526. The van der Waals surface area contributed by atoms with Gasteiger partial charge >= 0.3 is 5.97 Å². The predicted molar refractivity (Wildman–Crippen MR) is 137 cm³/mol. The van der Waals surface area contributed by atoms with Crippen molar-refractivity contribution < 1.29 is 32.1 Å². The molecule has 4 rings (SSSR count). The van der Waals surface area contributed by atoms with Gasteiger partial charge in [0.2, 0.25) is 5.91 Å². The quantitative estimate of drug-likeness (QED) is 0.436. The van der Waals surface area contributed by atoms with Crippen molar-refractivity contribution in [2.24, 2.45) is 0 Å². The van der Waals surface area contributed by atoms with Gasteiger partial charge in [-0.25, -0.2) is 4.79 Å². The molecule has 0 unspecified atom stereocenters. The molecule has 0 bridgehead atoms. The van der Waals surface area contributed by atoms with Gasteiger partial charge in [-0.05, 0) is 47.0 Å². The number of carbonyl (C=O) groups is 3. The van der Waals surface area contributed by atoms with E-state index in [1.807, 2.05) is 60.7 Å². The molecule has 0 aliphatic carbocycles. The van der Waals surface area contributed by atoms with Gasteiger partial charge in [-0.15, -0.1) is 0 Å². The average Bonchev–Trinajstić information content (AvgIpc) is 2.89. The highest BCUT2D eigenvalue weighted by Gasteiger charge is 2.21. The summed E-state index contributed by atoms with van der Waals surface area (Å²) >= 11 is 0. The molecule has 3 aromatic carbocycles. The summed E-state index contributed by atoms with van der Waals surface area (Å²) in [6, 6.07) is 20.3. The number of carboxylic acid groups (broad SMARTS) is 1. The summed E-state index contributed by atoms with van der Waals surface area (Å²) in [4.78, 5) is 37.8. The van der Waals surface area contributed by atoms with Crippen LogP contribution in [-0.4, -0.2) is 44.5 Å². The monoisotopic (exact) mass is 520 g/mol. The first-order valence-corrected chi connectivity index (χ1v) is 12.8. The minimum absolute atomic E-state index is 0.0570. The summed E-state index contributed by atoms with van der Waals surface area (Å²) in [6.07, 6.45) is 4.07. The van der Waals surface area contributed by atoms with Crippen LogP contribution in [0.2, 0.25) is 0 Å². The zero-order chi connectivity index (χ0) is 26.4. The highest BCUT2D eigenvalue weighted by molar-refractivity contribution is 7.86. The van der Waals surface area contributed by atoms with Gasteiger partial charge < -0.3 is 15.3 Å². The maximum atomic E-state index is 13.2. The highest BCUT2D eigenvalue weighted by Crippen LogP contribution is 2.29. The lowest BCUT2D eigenvalue weighted by molar-refractivity contribution is -0.139. The molecule has 0 saturated carbocycles. The number of benzene rings is 3. The molecule has 1 aliphatic rings.